The number of H-pyrrole nitrogens is 1. The highest BCUT2D eigenvalue weighted by Gasteiger charge is 2.24. The lowest BCUT2D eigenvalue weighted by Crippen LogP contribution is -2.08. The number of hydrogen-bond acceptors (Lipinski definition) is 4. The zero-order valence-electron chi connectivity index (χ0n) is 12.0. The van der Waals surface area contributed by atoms with Crippen LogP contribution in [0.1, 0.15) is 44.7 Å². The van der Waals surface area contributed by atoms with Crippen LogP contribution in [0.5, 0.6) is 0 Å². The molecule has 21 heavy (non-hydrogen) atoms. The molecule has 2 aromatic heterocycles. The third-order valence-corrected chi connectivity index (χ3v) is 3.59. The molecule has 110 valence electrons. The molecule has 0 atom stereocenters. The van der Waals surface area contributed by atoms with Crippen molar-refractivity contribution in [3.8, 4) is 0 Å². The summed E-state index contributed by atoms with van der Waals surface area (Å²) in [5.74, 6) is -0.683. The maximum Gasteiger partial charge on any atom is 0.355 e. The van der Waals surface area contributed by atoms with E-state index >= 15 is 0 Å². The Kier molecular flexibility index (Phi) is 4.57. The molecule has 0 bridgehead atoms. The number of rotatable bonds is 4. The van der Waals surface area contributed by atoms with E-state index in [4.69, 9.17) is 4.74 Å². The summed E-state index contributed by atoms with van der Waals surface area (Å²) in [6.45, 7) is 5.50. The summed E-state index contributed by atoms with van der Waals surface area (Å²) in [6, 6.07) is 3.40. The minimum absolute atomic E-state index is 0.224. The summed E-state index contributed by atoms with van der Waals surface area (Å²) in [7, 11) is 0. The second kappa shape index (κ2) is 6.22. The lowest BCUT2D eigenvalue weighted by molar-refractivity contribution is 0.0519. The first-order valence-corrected chi connectivity index (χ1v) is 7.27. The van der Waals surface area contributed by atoms with Crippen molar-refractivity contribution in [3.63, 3.8) is 0 Å². The minimum Gasteiger partial charge on any atom is -0.461 e. The van der Waals surface area contributed by atoms with Crippen LogP contribution in [-0.2, 0) is 4.74 Å². The summed E-state index contributed by atoms with van der Waals surface area (Å²) in [4.78, 5) is 31.4. The molecular weight excluding hydrogens is 336 g/mol. The lowest BCUT2D eigenvalue weighted by atomic mass is 10.0. The average Bonchev–Trinajstić information content (AvgIpc) is 2.73. The molecule has 0 saturated heterocycles. The molecule has 0 aliphatic carbocycles. The number of halogens is 1. The maximum absolute atomic E-state index is 12.6. The highest BCUT2D eigenvalue weighted by atomic mass is 79.9. The minimum atomic E-state index is -0.459. The van der Waals surface area contributed by atoms with Gasteiger partial charge in [0, 0.05) is 21.9 Å². The standard InChI is InChI=1S/C15H15BrN2O3/c1-4-21-15(20)13-8(2)12(9(3)18-13)14(19)11-7-10(16)5-6-17-11/h5-7,18H,4H2,1-3H3. The lowest BCUT2D eigenvalue weighted by Gasteiger charge is -2.03. The smallest absolute Gasteiger partial charge is 0.355 e. The van der Waals surface area contributed by atoms with Crippen LogP contribution >= 0.6 is 15.9 Å². The van der Waals surface area contributed by atoms with Crippen molar-refractivity contribution in [1.29, 1.82) is 0 Å². The van der Waals surface area contributed by atoms with Gasteiger partial charge in [-0.05, 0) is 38.5 Å². The Morgan fingerprint density at radius 1 is 1.38 bits per heavy atom. The summed E-state index contributed by atoms with van der Waals surface area (Å²) in [6.07, 6.45) is 1.56. The van der Waals surface area contributed by atoms with Gasteiger partial charge in [-0.1, -0.05) is 15.9 Å². The van der Waals surface area contributed by atoms with Crippen LogP contribution in [-0.4, -0.2) is 28.3 Å². The Morgan fingerprint density at radius 2 is 2.10 bits per heavy atom. The van der Waals surface area contributed by atoms with Gasteiger partial charge < -0.3 is 9.72 Å². The van der Waals surface area contributed by atoms with Gasteiger partial charge in [0.05, 0.1) is 6.61 Å². The largest absolute Gasteiger partial charge is 0.461 e. The number of aromatic nitrogens is 2. The first-order valence-electron chi connectivity index (χ1n) is 6.48. The van der Waals surface area contributed by atoms with E-state index in [1.165, 1.54) is 0 Å². The third-order valence-electron chi connectivity index (χ3n) is 3.10. The molecule has 2 aromatic rings. The molecule has 0 aliphatic rings. The summed E-state index contributed by atoms with van der Waals surface area (Å²) >= 11 is 3.31. The Balaban J connectivity index is 2.45. The van der Waals surface area contributed by atoms with Crippen LogP contribution in [0.15, 0.2) is 22.8 Å². The molecule has 0 saturated carbocycles. The van der Waals surface area contributed by atoms with E-state index in [9.17, 15) is 9.59 Å². The quantitative estimate of drug-likeness (QED) is 0.678. The Labute approximate surface area is 130 Å². The van der Waals surface area contributed by atoms with E-state index in [1.54, 1.807) is 39.1 Å². The number of nitrogens with zero attached hydrogens (tertiary/aromatic N) is 1. The molecule has 5 nitrogen and oxygen atoms in total. The number of carbonyl (C=O) groups is 2. The van der Waals surface area contributed by atoms with E-state index in [2.05, 4.69) is 25.9 Å². The Bertz CT molecular complexity index is 707. The SMILES string of the molecule is CCOC(=O)c1[nH]c(C)c(C(=O)c2cc(Br)ccn2)c1C. The molecule has 6 heteroatoms. The van der Waals surface area contributed by atoms with Gasteiger partial charge in [-0.25, -0.2) is 4.79 Å². The van der Waals surface area contributed by atoms with Crippen LogP contribution in [0.3, 0.4) is 0 Å². The van der Waals surface area contributed by atoms with Crippen molar-refractivity contribution >= 4 is 27.7 Å². The molecule has 0 radical (unpaired) electrons. The fraction of sp³-hybridized carbons (Fsp3) is 0.267. The number of nitrogens with one attached hydrogen (secondary N) is 1. The maximum atomic E-state index is 12.6. The summed E-state index contributed by atoms with van der Waals surface area (Å²) < 4.78 is 5.75. The van der Waals surface area contributed by atoms with Crippen molar-refractivity contribution in [1.82, 2.24) is 9.97 Å². The normalized spacial score (nSPS) is 10.5. The number of ether oxygens (including phenoxy) is 1. The van der Waals surface area contributed by atoms with Gasteiger partial charge in [0.1, 0.15) is 11.4 Å². The topological polar surface area (TPSA) is 72.1 Å². The molecular formula is C15H15BrN2O3. The first-order chi connectivity index (χ1) is 9.95. The number of aromatic amines is 1. The van der Waals surface area contributed by atoms with Gasteiger partial charge in [-0.2, -0.15) is 0 Å². The van der Waals surface area contributed by atoms with E-state index in [1.807, 2.05) is 0 Å². The number of hydrogen-bond donors (Lipinski definition) is 1. The van der Waals surface area contributed by atoms with Crippen LogP contribution in [0.25, 0.3) is 0 Å². The number of ketones is 1. The molecule has 0 aliphatic heterocycles. The number of aryl methyl sites for hydroxylation is 1. The fourth-order valence-electron chi connectivity index (χ4n) is 2.15. The predicted molar refractivity (Wildman–Crippen MR) is 81.6 cm³/mol. The van der Waals surface area contributed by atoms with E-state index in [0.717, 1.165) is 4.47 Å². The van der Waals surface area contributed by atoms with Gasteiger partial charge in [0.2, 0.25) is 5.78 Å². The van der Waals surface area contributed by atoms with Gasteiger partial charge in [0.15, 0.2) is 0 Å². The Hall–Kier alpha value is -1.95. The van der Waals surface area contributed by atoms with Gasteiger partial charge in [-0.15, -0.1) is 0 Å². The number of pyridine rings is 1. The van der Waals surface area contributed by atoms with Gasteiger partial charge in [0.25, 0.3) is 0 Å². The van der Waals surface area contributed by atoms with E-state index in [0.29, 0.717) is 28.2 Å². The molecule has 1 N–H and O–H groups in total. The Morgan fingerprint density at radius 3 is 2.71 bits per heavy atom. The van der Waals surface area contributed by atoms with Crippen LogP contribution < -0.4 is 0 Å². The van der Waals surface area contributed by atoms with Crippen molar-refractivity contribution in [2.24, 2.45) is 0 Å². The first kappa shape index (κ1) is 15.4. The van der Waals surface area contributed by atoms with Gasteiger partial charge >= 0.3 is 5.97 Å². The molecule has 2 rings (SSSR count). The van der Waals surface area contributed by atoms with Crippen LogP contribution in [0.4, 0.5) is 0 Å². The van der Waals surface area contributed by atoms with Crippen LogP contribution in [0.2, 0.25) is 0 Å². The molecule has 0 spiro atoms. The van der Waals surface area contributed by atoms with Crippen molar-refractivity contribution < 1.29 is 14.3 Å². The van der Waals surface area contributed by atoms with Crippen molar-refractivity contribution in [2.75, 3.05) is 6.61 Å². The second-order valence-electron chi connectivity index (χ2n) is 4.53. The summed E-state index contributed by atoms with van der Waals surface area (Å²) in [5.41, 5.74) is 2.31. The van der Waals surface area contributed by atoms with Crippen molar-refractivity contribution in [3.05, 3.63) is 51.0 Å². The summed E-state index contributed by atoms with van der Waals surface area (Å²) in [5, 5.41) is 0. The molecule has 0 unspecified atom stereocenters. The van der Waals surface area contributed by atoms with E-state index < -0.39 is 5.97 Å². The molecule has 0 fully saturated rings. The highest BCUT2D eigenvalue weighted by Crippen LogP contribution is 2.22. The van der Waals surface area contributed by atoms with Gasteiger partial charge in [-0.3, -0.25) is 9.78 Å². The van der Waals surface area contributed by atoms with Crippen LogP contribution in [0, 0.1) is 13.8 Å². The van der Waals surface area contributed by atoms with E-state index in [-0.39, 0.29) is 12.4 Å². The molecule has 0 amide bonds. The molecule has 2 heterocycles. The zero-order chi connectivity index (χ0) is 15.6. The third kappa shape index (κ3) is 3.05. The fourth-order valence-corrected chi connectivity index (χ4v) is 2.49. The molecule has 0 aromatic carbocycles. The zero-order valence-corrected chi connectivity index (χ0v) is 13.6. The van der Waals surface area contributed by atoms with Crippen molar-refractivity contribution in [2.45, 2.75) is 20.8 Å². The number of carbonyl (C=O) groups excluding carboxylic acids is 2. The second-order valence-corrected chi connectivity index (χ2v) is 5.45. The number of esters is 1. The monoisotopic (exact) mass is 350 g/mol. The highest BCUT2D eigenvalue weighted by molar-refractivity contribution is 9.10. The average molecular weight is 351 g/mol. The predicted octanol–water partition coefficient (Wildman–Crippen LogP) is 3.20.